The second-order valence-electron chi connectivity index (χ2n) is 7.52. The molecule has 178 valence electrons. The summed E-state index contributed by atoms with van der Waals surface area (Å²) < 4.78 is 25.4. The number of halogens is 1. The van der Waals surface area contributed by atoms with Gasteiger partial charge in [0.15, 0.2) is 11.5 Å². The number of benzene rings is 3. The predicted octanol–water partition coefficient (Wildman–Crippen LogP) is 5.78. The molecule has 0 bridgehead atoms. The number of hydrogen-bond acceptors (Lipinski definition) is 5. The van der Waals surface area contributed by atoms with E-state index in [9.17, 15) is 19.6 Å². The Labute approximate surface area is 203 Å². The van der Waals surface area contributed by atoms with E-state index in [2.05, 4.69) is 11.9 Å². The first-order valence-electron chi connectivity index (χ1n) is 10.9. The fourth-order valence-corrected chi connectivity index (χ4v) is 3.34. The van der Waals surface area contributed by atoms with E-state index in [1.54, 1.807) is 30.3 Å². The number of amides is 1. The Hall–Kier alpha value is -4.57. The number of allylic oxidation sites excluding steroid dienone is 1. The molecule has 0 fully saturated rings. The van der Waals surface area contributed by atoms with Crippen LogP contribution in [0, 0.1) is 17.1 Å². The molecule has 0 radical (unpaired) electrons. The van der Waals surface area contributed by atoms with Gasteiger partial charge in [-0.05, 0) is 79.1 Å². The lowest BCUT2D eigenvalue weighted by Gasteiger charge is -2.17. The van der Waals surface area contributed by atoms with Crippen LogP contribution in [0.2, 0.25) is 0 Å². The largest absolute Gasteiger partial charge is 0.508 e. The molecule has 0 heterocycles. The molecular formula is C28H25FN2O4. The molecule has 3 aromatic carbocycles. The van der Waals surface area contributed by atoms with Gasteiger partial charge in [0.05, 0.1) is 6.61 Å². The summed E-state index contributed by atoms with van der Waals surface area (Å²) in [5.41, 5.74) is 2.31. The molecule has 1 amide bonds. The van der Waals surface area contributed by atoms with Crippen molar-refractivity contribution in [3.05, 3.63) is 101 Å². The van der Waals surface area contributed by atoms with E-state index in [0.717, 1.165) is 5.56 Å². The standard InChI is InChI=1S/C28H25FN2O4/c1-3-6-21-13-20(14-22(17-30)28(33)31-24-9-11-25(32)12-10-24)16-26(34-4-2)27(21)35-18-19-7-5-8-23(29)15-19/h3,5,7-16,32H,1,4,6,18H2,2H3,(H,31,33)/b22-14+. The zero-order valence-electron chi connectivity index (χ0n) is 19.3. The molecule has 3 rings (SSSR count). The molecule has 0 aliphatic rings. The third-order valence-electron chi connectivity index (χ3n) is 4.89. The van der Waals surface area contributed by atoms with Gasteiger partial charge < -0.3 is 19.9 Å². The van der Waals surface area contributed by atoms with Crippen molar-refractivity contribution in [2.24, 2.45) is 0 Å². The first-order chi connectivity index (χ1) is 16.9. The molecule has 0 saturated heterocycles. The molecular weight excluding hydrogens is 447 g/mol. The summed E-state index contributed by atoms with van der Waals surface area (Å²) in [4.78, 5) is 12.6. The van der Waals surface area contributed by atoms with Crippen molar-refractivity contribution >= 4 is 17.7 Å². The van der Waals surface area contributed by atoms with Crippen molar-refractivity contribution in [1.82, 2.24) is 0 Å². The highest BCUT2D eigenvalue weighted by molar-refractivity contribution is 6.09. The zero-order chi connectivity index (χ0) is 25.2. The smallest absolute Gasteiger partial charge is 0.266 e. The van der Waals surface area contributed by atoms with Gasteiger partial charge in [0, 0.05) is 11.3 Å². The summed E-state index contributed by atoms with van der Waals surface area (Å²) in [6.07, 6.45) is 3.61. The van der Waals surface area contributed by atoms with Gasteiger partial charge in [0.25, 0.3) is 5.91 Å². The third kappa shape index (κ3) is 6.95. The fourth-order valence-electron chi connectivity index (χ4n) is 3.34. The summed E-state index contributed by atoms with van der Waals surface area (Å²) >= 11 is 0. The van der Waals surface area contributed by atoms with Gasteiger partial charge >= 0.3 is 0 Å². The molecule has 0 unspecified atom stereocenters. The van der Waals surface area contributed by atoms with Crippen molar-refractivity contribution < 1.29 is 23.8 Å². The van der Waals surface area contributed by atoms with Gasteiger partial charge in [-0.15, -0.1) is 6.58 Å². The van der Waals surface area contributed by atoms with E-state index in [4.69, 9.17) is 9.47 Å². The lowest BCUT2D eigenvalue weighted by molar-refractivity contribution is -0.112. The van der Waals surface area contributed by atoms with Gasteiger partial charge in [-0.2, -0.15) is 5.26 Å². The number of phenolic OH excluding ortho intramolecular Hbond substituents is 1. The van der Waals surface area contributed by atoms with Gasteiger partial charge in [-0.25, -0.2) is 4.39 Å². The third-order valence-corrected chi connectivity index (χ3v) is 4.89. The Morgan fingerprint density at radius 1 is 1.17 bits per heavy atom. The van der Waals surface area contributed by atoms with Gasteiger partial charge in [0.1, 0.15) is 29.8 Å². The molecule has 0 aliphatic heterocycles. The van der Waals surface area contributed by atoms with E-state index in [1.165, 1.54) is 42.5 Å². The van der Waals surface area contributed by atoms with E-state index in [-0.39, 0.29) is 23.7 Å². The highest BCUT2D eigenvalue weighted by atomic mass is 19.1. The number of nitriles is 1. The minimum atomic E-state index is -0.590. The number of carbonyl (C=O) groups is 1. The molecule has 0 aromatic heterocycles. The van der Waals surface area contributed by atoms with Crippen LogP contribution in [0.15, 0.2) is 78.9 Å². The monoisotopic (exact) mass is 472 g/mol. The SMILES string of the molecule is C=CCc1cc(/C=C(\C#N)C(=O)Nc2ccc(O)cc2)cc(OCC)c1OCc1cccc(F)c1. The van der Waals surface area contributed by atoms with E-state index in [1.807, 2.05) is 13.0 Å². The second kappa shape index (κ2) is 12.1. The van der Waals surface area contributed by atoms with Gasteiger partial charge in [0.2, 0.25) is 0 Å². The Bertz CT molecular complexity index is 1280. The lowest BCUT2D eigenvalue weighted by Crippen LogP contribution is -2.13. The van der Waals surface area contributed by atoms with Crippen molar-refractivity contribution in [1.29, 1.82) is 5.26 Å². The molecule has 0 atom stereocenters. The number of carbonyl (C=O) groups excluding carboxylic acids is 1. The number of nitrogens with one attached hydrogen (secondary N) is 1. The van der Waals surface area contributed by atoms with E-state index < -0.39 is 5.91 Å². The number of aromatic hydroxyl groups is 1. The molecule has 0 spiro atoms. The Morgan fingerprint density at radius 3 is 2.60 bits per heavy atom. The molecule has 3 aromatic rings. The second-order valence-corrected chi connectivity index (χ2v) is 7.52. The Morgan fingerprint density at radius 2 is 1.94 bits per heavy atom. The highest BCUT2D eigenvalue weighted by Gasteiger charge is 2.16. The maximum atomic E-state index is 13.6. The summed E-state index contributed by atoms with van der Waals surface area (Å²) in [7, 11) is 0. The maximum absolute atomic E-state index is 13.6. The van der Waals surface area contributed by atoms with Gasteiger partial charge in [-0.1, -0.05) is 18.2 Å². The molecule has 7 heteroatoms. The normalized spacial score (nSPS) is 10.8. The molecule has 2 N–H and O–H groups in total. The van der Waals surface area contributed by atoms with Crippen LogP contribution in [0.25, 0.3) is 6.08 Å². The average molecular weight is 473 g/mol. The van der Waals surface area contributed by atoms with Crippen molar-refractivity contribution in [2.45, 2.75) is 20.0 Å². The highest BCUT2D eigenvalue weighted by Crippen LogP contribution is 2.35. The Kier molecular flexibility index (Phi) is 8.63. The number of ether oxygens (including phenoxy) is 2. The Balaban J connectivity index is 1.92. The summed E-state index contributed by atoms with van der Waals surface area (Å²) in [5.74, 6) is 0.0494. The summed E-state index contributed by atoms with van der Waals surface area (Å²) in [6.45, 7) is 6.13. The lowest BCUT2D eigenvalue weighted by atomic mass is 10.0. The molecule has 35 heavy (non-hydrogen) atoms. The first-order valence-corrected chi connectivity index (χ1v) is 10.9. The minimum absolute atomic E-state index is 0.0666. The van der Waals surface area contributed by atoms with Gasteiger partial charge in [-0.3, -0.25) is 4.79 Å². The van der Waals surface area contributed by atoms with Crippen LogP contribution in [0.1, 0.15) is 23.6 Å². The van der Waals surface area contributed by atoms with Crippen LogP contribution in [0.5, 0.6) is 17.2 Å². The van der Waals surface area contributed by atoms with Crippen molar-refractivity contribution in [3.8, 4) is 23.3 Å². The van der Waals surface area contributed by atoms with Crippen LogP contribution in [0.4, 0.5) is 10.1 Å². The number of rotatable bonds is 10. The molecule has 0 aliphatic carbocycles. The first kappa shape index (κ1) is 25.1. The predicted molar refractivity (Wildman–Crippen MR) is 133 cm³/mol. The van der Waals surface area contributed by atoms with E-state index >= 15 is 0 Å². The summed E-state index contributed by atoms with van der Waals surface area (Å²) in [6, 6.07) is 17.5. The number of anilines is 1. The molecule has 6 nitrogen and oxygen atoms in total. The number of nitrogens with zero attached hydrogens (tertiary/aromatic N) is 1. The summed E-state index contributed by atoms with van der Waals surface area (Å²) in [5, 5.41) is 21.6. The number of hydrogen-bond donors (Lipinski definition) is 2. The quantitative estimate of drug-likeness (QED) is 0.169. The zero-order valence-corrected chi connectivity index (χ0v) is 19.3. The topological polar surface area (TPSA) is 91.6 Å². The van der Waals surface area contributed by atoms with Crippen LogP contribution >= 0.6 is 0 Å². The maximum Gasteiger partial charge on any atom is 0.266 e. The molecule has 0 saturated carbocycles. The number of phenols is 1. The van der Waals surface area contributed by atoms with Crippen LogP contribution in [0.3, 0.4) is 0 Å². The van der Waals surface area contributed by atoms with Crippen LogP contribution in [-0.4, -0.2) is 17.6 Å². The minimum Gasteiger partial charge on any atom is -0.508 e. The van der Waals surface area contributed by atoms with Crippen LogP contribution < -0.4 is 14.8 Å². The van der Waals surface area contributed by atoms with Crippen molar-refractivity contribution in [2.75, 3.05) is 11.9 Å². The average Bonchev–Trinajstić information content (AvgIpc) is 2.84. The van der Waals surface area contributed by atoms with E-state index in [0.29, 0.717) is 41.3 Å². The fraction of sp³-hybridized carbons (Fsp3) is 0.143. The van der Waals surface area contributed by atoms with Crippen molar-refractivity contribution in [3.63, 3.8) is 0 Å². The van der Waals surface area contributed by atoms with Crippen LogP contribution in [-0.2, 0) is 17.8 Å².